The van der Waals surface area contributed by atoms with E-state index in [-0.39, 0.29) is 11.4 Å². The highest BCUT2D eigenvalue weighted by Crippen LogP contribution is 2.42. The first-order valence-electron chi connectivity index (χ1n) is 8.21. The molecule has 1 saturated carbocycles. The molecule has 2 atom stereocenters. The highest BCUT2D eigenvalue weighted by Gasteiger charge is 2.46. The summed E-state index contributed by atoms with van der Waals surface area (Å²) in [5, 5.41) is 6.25. The molecule has 0 saturated heterocycles. The molecule has 2 rings (SSSR count). The van der Waals surface area contributed by atoms with Crippen molar-refractivity contribution in [2.45, 2.75) is 84.7 Å². The van der Waals surface area contributed by atoms with E-state index in [0.29, 0.717) is 17.3 Å². The fourth-order valence-electron chi connectivity index (χ4n) is 3.46. The number of aliphatic imine (C=N–C) groups is 1. The molecular weight excluding hydrogens is 262 g/mol. The molecule has 21 heavy (non-hydrogen) atoms. The summed E-state index contributed by atoms with van der Waals surface area (Å²) in [4.78, 5) is 17.3. The molecule has 0 radical (unpaired) electrons. The summed E-state index contributed by atoms with van der Waals surface area (Å²) in [5.41, 5.74) is -0.291. The Bertz CT molecular complexity index is 442. The van der Waals surface area contributed by atoms with Gasteiger partial charge in [0, 0.05) is 5.54 Å². The highest BCUT2D eigenvalue weighted by atomic mass is 16.2. The van der Waals surface area contributed by atoms with Gasteiger partial charge in [-0.1, -0.05) is 27.2 Å². The van der Waals surface area contributed by atoms with E-state index < -0.39 is 5.54 Å². The van der Waals surface area contributed by atoms with Gasteiger partial charge in [0.25, 0.3) is 5.91 Å². The van der Waals surface area contributed by atoms with E-state index in [1.807, 2.05) is 0 Å². The first-order chi connectivity index (χ1) is 9.52. The van der Waals surface area contributed by atoms with Gasteiger partial charge in [-0.15, -0.1) is 0 Å². The smallest absolute Gasteiger partial charge is 0.254 e. The molecule has 1 fully saturated rings. The molecule has 1 amide bonds. The largest absolute Gasteiger partial charge is 0.351 e. The predicted molar refractivity (Wildman–Crippen MR) is 87.2 cm³/mol. The van der Waals surface area contributed by atoms with Crippen molar-refractivity contribution in [3.05, 3.63) is 0 Å². The number of nitrogens with one attached hydrogen (secondary N) is 2. The van der Waals surface area contributed by atoms with Gasteiger partial charge in [-0.3, -0.25) is 10.1 Å². The number of amides is 1. The Labute approximate surface area is 129 Å². The Morgan fingerprint density at radius 1 is 1.14 bits per heavy atom. The maximum absolute atomic E-state index is 12.5. The van der Waals surface area contributed by atoms with Gasteiger partial charge >= 0.3 is 0 Å². The number of hydrogen-bond donors (Lipinski definition) is 2. The van der Waals surface area contributed by atoms with E-state index in [9.17, 15) is 4.79 Å². The van der Waals surface area contributed by atoms with E-state index in [1.54, 1.807) is 0 Å². The second-order valence-corrected chi connectivity index (χ2v) is 8.81. The molecule has 120 valence electrons. The van der Waals surface area contributed by atoms with E-state index in [0.717, 1.165) is 25.7 Å². The van der Waals surface area contributed by atoms with Gasteiger partial charge in [-0.05, 0) is 57.8 Å². The van der Waals surface area contributed by atoms with Crippen LogP contribution in [-0.4, -0.2) is 22.9 Å². The van der Waals surface area contributed by atoms with Crippen LogP contribution in [0.25, 0.3) is 0 Å². The SMILES string of the molecule is CC(C)(C)NC1=NC2(CCCC(C(C)(C)C)CC2)C(=O)N1. The van der Waals surface area contributed by atoms with Crippen LogP contribution in [0.3, 0.4) is 0 Å². The van der Waals surface area contributed by atoms with Crippen molar-refractivity contribution in [3.8, 4) is 0 Å². The summed E-state index contributed by atoms with van der Waals surface area (Å²) in [5.74, 6) is 1.42. The second kappa shape index (κ2) is 5.29. The first-order valence-corrected chi connectivity index (χ1v) is 8.21. The molecule has 4 heteroatoms. The van der Waals surface area contributed by atoms with Crippen LogP contribution in [0.15, 0.2) is 4.99 Å². The van der Waals surface area contributed by atoms with Crippen LogP contribution < -0.4 is 10.6 Å². The molecule has 0 bridgehead atoms. The summed E-state index contributed by atoms with van der Waals surface area (Å²) in [6.07, 6.45) is 5.12. The molecule has 2 unspecified atom stereocenters. The standard InChI is InChI=1S/C17H31N3O/c1-15(2,3)12-8-7-10-17(11-9-12)13(21)18-14(20-17)19-16(4,5)6/h12H,7-11H2,1-6H3,(H2,18,19,20,21). The zero-order valence-electron chi connectivity index (χ0n) is 14.5. The van der Waals surface area contributed by atoms with Gasteiger partial charge in [0.05, 0.1) is 0 Å². The van der Waals surface area contributed by atoms with E-state index in [1.165, 1.54) is 6.42 Å². The third kappa shape index (κ3) is 3.78. The average Bonchev–Trinajstić information content (AvgIpc) is 2.46. The summed E-state index contributed by atoms with van der Waals surface area (Å²) in [7, 11) is 0. The molecule has 0 aromatic carbocycles. The molecule has 1 aliphatic carbocycles. The fourth-order valence-corrected chi connectivity index (χ4v) is 3.46. The molecule has 2 N–H and O–H groups in total. The van der Waals surface area contributed by atoms with Gasteiger partial charge in [-0.25, -0.2) is 4.99 Å². The zero-order chi connectivity index (χ0) is 15.9. The Kier molecular flexibility index (Phi) is 4.11. The van der Waals surface area contributed by atoms with Gasteiger partial charge in [-0.2, -0.15) is 0 Å². The van der Waals surface area contributed by atoms with Crippen molar-refractivity contribution in [3.63, 3.8) is 0 Å². The number of nitrogens with zero attached hydrogens (tertiary/aromatic N) is 1. The van der Waals surface area contributed by atoms with Crippen LogP contribution in [0.2, 0.25) is 0 Å². The second-order valence-electron chi connectivity index (χ2n) is 8.81. The zero-order valence-corrected chi connectivity index (χ0v) is 14.5. The molecule has 1 aliphatic heterocycles. The molecule has 1 heterocycles. The van der Waals surface area contributed by atoms with Crippen LogP contribution in [0.4, 0.5) is 0 Å². The summed E-state index contributed by atoms with van der Waals surface area (Å²) in [6.45, 7) is 13.2. The Morgan fingerprint density at radius 3 is 2.38 bits per heavy atom. The topological polar surface area (TPSA) is 53.5 Å². The van der Waals surface area contributed by atoms with Gasteiger partial charge < -0.3 is 5.32 Å². The van der Waals surface area contributed by atoms with Crippen LogP contribution >= 0.6 is 0 Å². The lowest BCUT2D eigenvalue weighted by Crippen LogP contribution is -2.47. The van der Waals surface area contributed by atoms with E-state index >= 15 is 0 Å². The Balaban J connectivity index is 2.13. The maximum atomic E-state index is 12.5. The third-order valence-corrected chi connectivity index (χ3v) is 4.75. The predicted octanol–water partition coefficient (Wildman–Crippen LogP) is 3.23. The normalized spacial score (nSPS) is 30.9. The molecule has 0 aromatic rings. The minimum Gasteiger partial charge on any atom is -0.351 e. The van der Waals surface area contributed by atoms with Crippen LogP contribution in [0.5, 0.6) is 0 Å². The number of rotatable bonds is 0. The summed E-state index contributed by atoms with van der Waals surface area (Å²) in [6, 6.07) is 0. The fraction of sp³-hybridized carbons (Fsp3) is 0.882. The van der Waals surface area contributed by atoms with E-state index in [4.69, 9.17) is 4.99 Å². The van der Waals surface area contributed by atoms with Gasteiger partial charge in [0.1, 0.15) is 5.54 Å². The Morgan fingerprint density at radius 2 is 1.81 bits per heavy atom. The minimum atomic E-state index is -0.520. The monoisotopic (exact) mass is 293 g/mol. The summed E-state index contributed by atoms with van der Waals surface area (Å²) < 4.78 is 0. The third-order valence-electron chi connectivity index (χ3n) is 4.75. The van der Waals surface area contributed by atoms with Crippen molar-refractivity contribution in [1.29, 1.82) is 0 Å². The lowest BCUT2D eigenvalue weighted by Gasteiger charge is -2.30. The molecule has 2 aliphatic rings. The average molecular weight is 293 g/mol. The molecule has 4 nitrogen and oxygen atoms in total. The minimum absolute atomic E-state index is 0.0869. The maximum Gasteiger partial charge on any atom is 0.254 e. The lowest BCUT2D eigenvalue weighted by atomic mass is 9.76. The number of carbonyl (C=O) groups excluding carboxylic acids is 1. The quantitative estimate of drug-likeness (QED) is 0.720. The van der Waals surface area contributed by atoms with Gasteiger partial charge in [0.15, 0.2) is 5.96 Å². The van der Waals surface area contributed by atoms with Crippen molar-refractivity contribution in [1.82, 2.24) is 10.6 Å². The Hall–Kier alpha value is -1.06. The number of carbonyl (C=O) groups is 1. The van der Waals surface area contributed by atoms with E-state index in [2.05, 4.69) is 52.2 Å². The van der Waals surface area contributed by atoms with Crippen molar-refractivity contribution >= 4 is 11.9 Å². The van der Waals surface area contributed by atoms with Crippen LogP contribution in [-0.2, 0) is 4.79 Å². The van der Waals surface area contributed by atoms with Crippen molar-refractivity contribution in [2.75, 3.05) is 0 Å². The van der Waals surface area contributed by atoms with Crippen LogP contribution in [0.1, 0.15) is 73.6 Å². The highest BCUT2D eigenvalue weighted by molar-refractivity contribution is 6.07. The molecule has 1 spiro atoms. The molecule has 0 aromatic heterocycles. The number of guanidine groups is 1. The van der Waals surface area contributed by atoms with Crippen molar-refractivity contribution < 1.29 is 4.79 Å². The van der Waals surface area contributed by atoms with Gasteiger partial charge in [0.2, 0.25) is 0 Å². The number of hydrogen-bond acceptors (Lipinski definition) is 3. The van der Waals surface area contributed by atoms with Crippen molar-refractivity contribution in [2.24, 2.45) is 16.3 Å². The van der Waals surface area contributed by atoms with Crippen LogP contribution in [0, 0.1) is 11.3 Å². The molecular formula is C17H31N3O. The first kappa shape index (κ1) is 16.3. The lowest BCUT2D eigenvalue weighted by molar-refractivity contribution is -0.124. The summed E-state index contributed by atoms with van der Waals surface area (Å²) >= 11 is 0.